The lowest BCUT2D eigenvalue weighted by atomic mass is 10.1. The predicted octanol–water partition coefficient (Wildman–Crippen LogP) is 7.62. The fraction of sp³-hybridized carbons (Fsp3) is 0.167. The number of ether oxygens (including phenoxy) is 6. The van der Waals surface area contributed by atoms with Crippen molar-refractivity contribution in [2.45, 2.75) is 41.5 Å². The van der Waals surface area contributed by atoms with Gasteiger partial charge in [0, 0.05) is 11.1 Å². The van der Waals surface area contributed by atoms with Crippen molar-refractivity contribution in [3.05, 3.63) is 131 Å². The normalized spacial score (nSPS) is 11.6. The third kappa shape index (κ3) is 10.1. The summed E-state index contributed by atoms with van der Waals surface area (Å²) in [6.07, 6.45) is 0. The standard InChI is InChI=1S/C36H34O10/c1-21(2)33(37)43-25(7)23(5)41-29-13-17-31(18-14-29)45-35(39)27-9-11-28(12-10-27)36(40)46-32-19-15-30(16-20-32)42-24(6)26(8)44-34(38)22(3)4/h9-20H,1,3H2,2,4-8H3. The lowest BCUT2D eigenvalue weighted by Gasteiger charge is -2.11. The summed E-state index contributed by atoms with van der Waals surface area (Å²) in [6, 6.07) is 18.4. The van der Waals surface area contributed by atoms with Crippen LogP contribution >= 0.6 is 0 Å². The molecule has 0 atom stereocenters. The second-order valence-electron chi connectivity index (χ2n) is 10.1. The topological polar surface area (TPSA) is 124 Å². The smallest absolute Gasteiger partial charge is 0.343 e. The van der Waals surface area contributed by atoms with E-state index in [4.69, 9.17) is 28.4 Å². The molecule has 0 spiro atoms. The summed E-state index contributed by atoms with van der Waals surface area (Å²) in [4.78, 5) is 48.7. The average molecular weight is 627 g/mol. The van der Waals surface area contributed by atoms with Gasteiger partial charge in [-0.05, 0) is 114 Å². The molecule has 3 rings (SSSR count). The molecule has 0 radical (unpaired) electrons. The highest BCUT2D eigenvalue weighted by atomic mass is 16.6. The maximum absolute atomic E-state index is 12.7. The fourth-order valence-electron chi connectivity index (χ4n) is 3.32. The van der Waals surface area contributed by atoms with Gasteiger partial charge in [-0.3, -0.25) is 0 Å². The van der Waals surface area contributed by atoms with Gasteiger partial charge in [-0.25, -0.2) is 19.2 Å². The van der Waals surface area contributed by atoms with E-state index in [-0.39, 0.29) is 33.8 Å². The van der Waals surface area contributed by atoms with Crippen molar-refractivity contribution < 1.29 is 47.6 Å². The van der Waals surface area contributed by atoms with Crippen LogP contribution in [0, 0.1) is 0 Å². The van der Waals surface area contributed by atoms with Gasteiger partial charge >= 0.3 is 23.9 Å². The number of rotatable bonds is 12. The first-order valence-electron chi connectivity index (χ1n) is 13.9. The molecule has 0 amide bonds. The van der Waals surface area contributed by atoms with Gasteiger partial charge in [-0.1, -0.05) is 13.2 Å². The Morgan fingerprint density at radius 3 is 0.935 bits per heavy atom. The van der Waals surface area contributed by atoms with Crippen molar-refractivity contribution in [1.82, 2.24) is 0 Å². The molecule has 0 bridgehead atoms. The minimum atomic E-state index is -0.628. The molecule has 46 heavy (non-hydrogen) atoms. The van der Waals surface area contributed by atoms with E-state index in [1.54, 1.807) is 90.1 Å². The summed E-state index contributed by atoms with van der Waals surface area (Å²) in [6.45, 7) is 16.7. The molecule has 0 heterocycles. The van der Waals surface area contributed by atoms with Gasteiger partial charge in [-0.15, -0.1) is 0 Å². The highest BCUT2D eigenvalue weighted by Crippen LogP contribution is 2.24. The van der Waals surface area contributed by atoms with Crippen LogP contribution in [-0.4, -0.2) is 23.9 Å². The van der Waals surface area contributed by atoms with Crippen LogP contribution in [0.4, 0.5) is 0 Å². The van der Waals surface area contributed by atoms with E-state index in [1.165, 1.54) is 24.3 Å². The number of hydrogen-bond donors (Lipinski definition) is 0. The molecule has 10 nitrogen and oxygen atoms in total. The Kier molecular flexibility index (Phi) is 11.8. The Morgan fingerprint density at radius 2 is 0.674 bits per heavy atom. The molecule has 10 heteroatoms. The summed E-state index contributed by atoms with van der Waals surface area (Å²) in [7, 11) is 0. The van der Waals surface area contributed by atoms with Gasteiger partial charge in [0.25, 0.3) is 0 Å². The van der Waals surface area contributed by atoms with Crippen LogP contribution in [-0.2, 0) is 19.1 Å². The van der Waals surface area contributed by atoms with E-state index < -0.39 is 23.9 Å². The van der Waals surface area contributed by atoms with Gasteiger partial charge in [0.1, 0.15) is 46.0 Å². The van der Waals surface area contributed by atoms with Crippen molar-refractivity contribution >= 4 is 23.9 Å². The molecule has 0 unspecified atom stereocenters. The molecule has 0 aliphatic carbocycles. The molecule has 3 aromatic rings. The molecule has 0 aromatic heterocycles. The zero-order valence-corrected chi connectivity index (χ0v) is 26.4. The van der Waals surface area contributed by atoms with E-state index in [1.807, 2.05) is 0 Å². The van der Waals surface area contributed by atoms with Crippen molar-refractivity contribution in [3.8, 4) is 23.0 Å². The molecular formula is C36H34O10. The van der Waals surface area contributed by atoms with Crippen LogP contribution in [0.1, 0.15) is 62.3 Å². The molecule has 0 aliphatic heterocycles. The SMILES string of the molecule is C=C(C)C(=O)OC(C)=C(C)Oc1ccc(OC(=O)c2ccc(C(=O)Oc3ccc(OC(C)=C(C)OC(=O)C(=C)C)cc3)cc2)cc1. The Bertz CT molecular complexity index is 1580. The maximum Gasteiger partial charge on any atom is 0.343 e. The molecule has 0 aliphatic rings. The van der Waals surface area contributed by atoms with Crippen LogP contribution in [0.25, 0.3) is 0 Å². The molecule has 0 saturated carbocycles. The first-order chi connectivity index (χ1) is 21.7. The zero-order chi connectivity index (χ0) is 34.0. The molecule has 238 valence electrons. The monoisotopic (exact) mass is 626 g/mol. The number of benzene rings is 3. The minimum absolute atomic E-state index is 0.222. The Balaban J connectivity index is 1.54. The van der Waals surface area contributed by atoms with Crippen molar-refractivity contribution in [2.75, 3.05) is 0 Å². The first-order valence-corrected chi connectivity index (χ1v) is 13.9. The molecular weight excluding hydrogens is 592 g/mol. The van der Waals surface area contributed by atoms with Crippen LogP contribution in [0.5, 0.6) is 23.0 Å². The van der Waals surface area contributed by atoms with Gasteiger partial charge in [0.15, 0.2) is 0 Å². The number of carbonyl (C=O) groups is 4. The first kappa shape index (κ1) is 34.6. The summed E-state index contributed by atoms with van der Waals surface area (Å²) < 4.78 is 32.5. The summed E-state index contributed by atoms with van der Waals surface area (Å²) in [5.74, 6) is 0.406. The quantitative estimate of drug-likeness (QED) is 0.0858. The minimum Gasteiger partial charge on any atom is -0.459 e. The molecule has 3 aromatic carbocycles. The maximum atomic E-state index is 12.7. The second kappa shape index (κ2) is 15.7. The van der Waals surface area contributed by atoms with Crippen molar-refractivity contribution in [3.63, 3.8) is 0 Å². The van der Waals surface area contributed by atoms with Gasteiger partial charge in [-0.2, -0.15) is 0 Å². The number of hydrogen-bond acceptors (Lipinski definition) is 10. The average Bonchev–Trinajstić information content (AvgIpc) is 3.02. The van der Waals surface area contributed by atoms with Gasteiger partial charge < -0.3 is 28.4 Å². The zero-order valence-electron chi connectivity index (χ0n) is 26.4. The van der Waals surface area contributed by atoms with Crippen LogP contribution in [0.15, 0.2) is 120 Å². The molecule has 0 N–H and O–H groups in total. The highest BCUT2D eigenvalue weighted by molar-refractivity contribution is 5.95. The Labute approximate surface area is 267 Å². The lowest BCUT2D eigenvalue weighted by molar-refractivity contribution is -0.136. The van der Waals surface area contributed by atoms with Crippen LogP contribution in [0.3, 0.4) is 0 Å². The number of carbonyl (C=O) groups excluding carboxylic acids is 4. The van der Waals surface area contributed by atoms with E-state index in [0.29, 0.717) is 34.5 Å². The van der Waals surface area contributed by atoms with E-state index in [9.17, 15) is 19.2 Å². The van der Waals surface area contributed by atoms with Crippen LogP contribution < -0.4 is 18.9 Å². The largest absolute Gasteiger partial charge is 0.459 e. The van der Waals surface area contributed by atoms with E-state index in [0.717, 1.165) is 0 Å². The lowest BCUT2D eigenvalue weighted by Crippen LogP contribution is -2.11. The highest BCUT2D eigenvalue weighted by Gasteiger charge is 2.14. The Hall–Kier alpha value is -5.90. The summed E-state index contributed by atoms with van der Waals surface area (Å²) in [5.41, 5.74) is 0.978. The summed E-state index contributed by atoms with van der Waals surface area (Å²) >= 11 is 0. The van der Waals surface area contributed by atoms with Crippen molar-refractivity contribution in [2.24, 2.45) is 0 Å². The molecule has 0 fully saturated rings. The number of allylic oxidation sites excluding steroid dienone is 4. The Morgan fingerprint density at radius 1 is 0.413 bits per heavy atom. The van der Waals surface area contributed by atoms with E-state index in [2.05, 4.69) is 13.2 Å². The van der Waals surface area contributed by atoms with Gasteiger partial charge in [0.05, 0.1) is 11.1 Å². The van der Waals surface area contributed by atoms with Crippen molar-refractivity contribution in [1.29, 1.82) is 0 Å². The number of esters is 4. The third-order valence-electron chi connectivity index (χ3n) is 6.15. The third-order valence-corrected chi connectivity index (χ3v) is 6.15. The second-order valence-corrected chi connectivity index (χ2v) is 10.1. The van der Waals surface area contributed by atoms with Crippen LogP contribution in [0.2, 0.25) is 0 Å². The summed E-state index contributed by atoms with van der Waals surface area (Å²) in [5, 5.41) is 0. The predicted molar refractivity (Wildman–Crippen MR) is 169 cm³/mol. The van der Waals surface area contributed by atoms with Gasteiger partial charge in [0.2, 0.25) is 0 Å². The fourth-order valence-corrected chi connectivity index (χ4v) is 3.32. The molecule has 0 saturated heterocycles. The van der Waals surface area contributed by atoms with E-state index >= 15 is 0 Å².